The van der Waals surface area contributed by atoms with Gasteiger partial charge in [-0.1, -0.05) is 48.0 Å². The van der Waals surface area contributed by atoms with Crippen molar-refractivity contribution in [3.05, 3.63) is 77.5 Å². The van der Waals surface area contributed by atoms with Gasteiger partial charge in [-0.15, -0.1) is 0 Å². The molecule has 0 atom stereocenters. The summed E-state index contributed by atoms with van der Waals surface area (Å²) in [5, 5.41) is 0. The number of pyridine rings is 1. The molecular weight excluding hydrogens is 266 g/mol. The van der Waals surface area contributed by atoms with Crippen LogP contribution >= 0.6 is 0 Å². The van der Waals surface area contributed by atoms with E-state index in [9.17, 15) is 0 Å². The van der Waals surface area contributed by atoms with Crippen LogP contribution in [0.25, 0.3) is 22.4 Å². The molecule has 0 saturated carbocycles. The van der Waals surface area contributed by atoms with Gasteiger partial charge in [-0.05, 0) is 43.4 Å². The lowest BCUT2D eigenvalue weighted by atomic mass is 9.97. The van der Waals surface area contributed by atoms with Gasteiger partial charge >= 0.3 is 0 Å². The molecule has 0 aliphatic carbocycles. The standard InChI is InChI=1S/C21H22N/c1-15-10-11-19(16(2)12-15)21-13-20(17(3)14-22(21)4)18-8-6-5-7-9-18/h5-14H,1-4H3/q+1/i1D3,3D3. The van der Waals surface area contributed by atoms with Gasteiger partial charge in [0.1, 0.15) is 7.05 Å². The molecule has 0 radical (unpaired) electrons. The SMILES string of the molecule is [2H]C([2H])([2H])c1ccc(-c2cc(-c3ccccc3)c(C([2H])([2H])[2H])c[n+]2C)c(C)c1. The van der Waals surface area contributed by atoms with Crippen molar-refractivity contribution in [3.8, 4) is 22.4 Å². The van der Waals surface area contributed by atoms with E-state index < -0.39 is 13.7 Å². The van der Waals surface area contributed by atoms with Gasteiger partial charge in [0.2, 0.25) is 5.69 Å². The maximum Gasteiger partial charge on any atom is 0.213 e. The molecule has 2 aromatic carbocycles. The molecule has 0 N–H and O–H groups in total. The van der Waals surface area contributed by atoms with Crippen LogP contribution in [0.15, 0.2) is 60.8 Å². The van der Waals surface area contributed by atoms with Gasteiger partial charge in [0, 0.05) is 25.4 Å². The first-order valence-corrected chi connectivity index (χ1v) is 7.19. The average Bonchev–Trinajstić information content (AvgIpc) is 2.61. The molecule has 0 aliphatic rings. The molecule has 1 heterocycles. The fourth-order valence-electron chi connectivity index (χ4n) is 2.72. The Kier molecular flexibility index (Phi) is 2.33. The van der Waals surface area contributed by atoms with Crippen LogP contribution in [-0.4, -0.2) is 0 Å². The minimum atomic E-state index is -2.25. The molecule has 0 saturated heterocycles. The highest BCUT2D eigenvalue weighted by molar-refractivity contribution is 5.72. The number of rotatable bonds is 2. The van der Waals surface area contributed by atoms with Crippen molar-refractivity contribution in [2.24, 2.45) is 7.05 Å². The zero-order valence-corrected chi connectivity index (χ0v) is 12.7. The molecule has 3 aromatic rings. The van der Waals surface area contributed by atoms with Crippen LogP contribution in [0.3, 0.4) is 0 Å². The van der Waals surface area contributed by atoms with Crippen LogP contribution in [0.2, 0.25) is 0 Å². The van der Waals surface area contributed by atoms with Crippen molar-refractivity contribution in [2.45, 2.75) is 20.6 Å². The third-order valence-corrected chi connectivity index (χ3v) is 3.86. The summed E-state index contributed by atoms with van der Waals surface area (Å²) >= 11 is 0. The minimum Gasteiger partial charge on any atom is -0.201 e. The van der Waals surface area contributed by atoms with Gasteiger partial charge in [0.25, 0.3) is 0 Å². The van der Waals surface area contributed by atoms with Gasteiger partial charge in [-0.2, -0.15) is 0 Å². The maximum absolute atomic E-state index is 7.93. The Morgan fingerprint density at radius 3 is 2.36 bits per heavy atom. The Balaban J connectivity index is 2.24. The molecule has 0 bridgehead atoms. The summed E-state index contributed by atoms with van der Waals surface area (Å²) < 4.78 is 48.4. The van der Waals surface area contributed by atoms with E-state index in [-0.39, 0.29) is 5.56 Å². The molecule has 0 aliphatic heterocycles. The van der Waals surface area contributed by atoms with E-state index in [2.05, 4.69) is 0 Å². The van der Waals surface area contributed by atoms with Crippen molar-refractivity contribution >= 4 is 0 Å². The van der Waals surface area contributed by atoms with E-state index >= 15 is 0 Å². The first-order chi connectivity index (χ1) is 13.0. The summed E-state index contributed by atoms with van der Waals surface area (Å²) in [6, 6.07) is 16.4. The number of aryl methyl sites for hydroxylation is 4. The second kappa shape index (κ2) is 5.76. The number of hydrogen-bond acceptors (Lipinski definition) is 0. The predicted octanol–water partition coefficient (Wildman–Crippen LogP) is 4.77. The maximum atomic E-state index is 7.93. The van der Waals surface area contributed by atoms with Crippen molar-refractivity contribution in [2.75, 3.05) is 0 Å². The van der Waals surface area contributed by atoms with Gasteiger partial charge in [0.15, 0.2) is 6.20 Å². The van der Waals surface area contributed by atoms with Gasteiger partial charge in [-0.25, -0.2) is 4.57 Å². The summed E-state index contributed by atoms with van der Waals surface area (Å²) in [7, 11) is 1.80. The van der Waals surface area contributed by atoms with E-state index in [0.29, 0.717) is 11.1 Å². The zero-order chi connectivity index (χ0) is 20.7. The number of benzene rings is 2. The number of hydrogen-bond donors (Lipinski definition) is 0. The van der Waals surface area contributed by atoms with Crippen molar-refractivity contribution < 1.29 is 12.8 Å². The number of aromatic nitrogens is 1. The lowest BCUT2D eigenvalue weighted by molar-refractivity contribution is -0.660. The van der Waals surface area contributed by atoms with Crippen LogP contribution in [0, 0.1) is 20.6 Å². The first kappa shape index (κ1) is 8.89. The molecule has 1 heteroatoms. The number of nitrogens with zero attached hydrogens (tertiary/aromatic N) is 1. The Labute approximate surface area is 141 Å². The lowest BCUT2D eigenvalue weighted by Gasteiger charge is -2.10. The average molecular weight is 294 g/mol. The highest BCUT2D eigenvalue weighted by Crippen LogP contribution is 2.28. The Morgan fingerprint density at radius 1 is 0.864 bits per heavy atom. The van der Waals surface area contributed by atoms with E-state index in [4.69, 9.17) is 8.22 Å². The highest BCUT2D eigenvalue weighted by Gasteiger charge is 2.16. The van der Waals surface area contributed by atoms with E-state index in [1.165, 1.54) is 0 Å². The van der Waals surface area contributed by atoms with Crippen LogP contribution < -0.4 is 4.57 Å². The van der Waals surface area contributed by atoms with Crippen LogP contribution in [0.5, 0.6) is 0 Å². The molecule has 0 amide bonds. The topological polar surface area (TPSA) is 3.88 Å². The fourth-order valence-corrected chi connectivity index (χ4v) is 2.72. The lowest BCUT2D eigenvalue weighted by Crippen LogP contribution is -2.31. The summed E-state index contributed by atoms with van der Waals surface area (Å²) in [6.07, 6.45) is 1.64. The van der Waals surface area contributed by atoms with Crippen LogP contribution in [-0.2, 0) is 7.05 Å². The molecule has 110 valence electrons. The molecule has 0 unspecified atom stereocenters. The van der Waals surface area contributed by atoms with Crippen LogP contribution in [0.1, 0.15) is 24.9 Å². The van der Waals surface area contributed by atoms with Gasteiger partial charge in [0.05, 0.1) is 0 Å². The molecule has 1 aromatic heterocycles. The van der Waals surface area contributed by atoms with Gasteiger partial charge < -0.3 is 0 Å². The molecule has 3 rings (SSSR count). The largest absolute Gasteiger partial charge is 0.213 e. The zero-order valence-electron chi connectivity index (χ0n) is 18.7. The predicted molar refractivity (Wildman–Crippen MR) is 92.7 cm³/mol. The Morgan fingerprint density at radius 2 is 1.68 bits per heavy atom. The third kappa shape index (κ3) is 2.67. The second-order valence-electron chi connectivity index (χ2n) is 5.49. The highest BCUT2D eigenvalue weighted by atomic mass is 14.9. The van der Waals surface area contributed by atoms with E-state index in [1.54, 1.807) is 36.0 Å². The van der Waals surface area contributed by atoms with Gasteiger partial charge in [-0.3, -0.25) is 0 Å². The second-order valence-corrected chi connectivity index (χ2v) is 5.49. The van der Waals surface area contributed by atoms with E-state index in [1.807, 2.05) is 43.3 Å². The first-order valence-electron chi connectivity index (χ1n) is 10.2. The molecule has 0 fully saturated rings. The smallest absolute Gasteiger partial charge is 0.201 e. The summed E-state index contributed by atoms with van der Waals surface area (Å²) in [4.78, 5) is 0. The summed E-state index contributed by atoms with van der Waals surface area (Å²) in [5.74, 6) is 0. The molecule has 1 nitrogen and oxygen atoms in total. The summed E-state index contributed by atoms with van der Waals surface area (Å²) in [6.45, 7) is -2.54. The Bertz CT molecular complexity index is 1000. The minimum absolute atomic E-state index is 0.279. The Hall–Kier alpha value is -2.41. The van der Waals surface area contributed by atoms with Crippen molar-refractivity contribution in [1.29, 1.82) is 0 Å². The van der Waals surface area contributed by atoms with Crippen LogP contribution in [0.4, 0.5) is 0 Å². The normalized spacial score (nSPS) is 15.9. The monoisotopic (exact) mass is 294 g/mol. The fraction of sp³-hybridized carbons (Fsp3) is 0.190. The van der Waals surface area contributed by atoms with E-state index in [0.717, 1.165) is 22.4 Å². The molecule has 22 heavy (non-hydrogen) atoms. The van der Waals surface area contributed by atoms with Crippen molar-refractivity contribution in [3.63, 3.8) is 0 Å². The molecular formula is C21H22N+. The quantitative estimate of drug-likeness (QED) is 0.599. The summed E-state index contributed by atoms with van der Waals surface area (Å²) in [5.41, 5.74) is 4.55. The molecule has 0 spiro atoms. The van der Waals surface area contributed by atoms with Crippen molar-refractivity contribution in [1.82, 2.24) is 0 Å². The third-order valence-electron chi connectivity index (χ3n) is 3.86.